The van der Waals surface area contributed by atoms with E-state index in [1.54, 1.807) is 12.4 Å². The number of hydrogen-bond donors (Lipinski definition) is 0. The summed E-state index contributed by atoms with van der Waals surface area (Å²) in [6, 6.07) is 39.8. The van der Waals surface area contributed by atoms with Crippen molar-refractivity contribution < 1.29 is 0 Å². The van der Waals surface area contributed by atoms with E-state index in [1.165, 1.54) is 64.6 Å². The Bertz CT molecular complexity index is 2390. The van der Waals surface area contributed by atoms with Crippen molar-refractivity contribution in [1.82, 2.24) is 19.1 Å². The Labute approximate surface area is 229 Å². The van der Waals surface area contributed by atoms with Crippen LogP contribution in [0.5, 0.6) is 0 Å². The van der Waals surface area contributed by atoms with Crippen LogP contribution in [-0.2, 0) is 0 Å². The van der Waals surface area contributed by atoms with Crippen LogP contribution in [0, 0.1) is 0 Å². The Morgan fingerprint density at radius 2 is 1.10 bits per heavy atom. The van der Waals surface area contributed by atoms with Gasteiger partial charge in [0.25, 0.3) is 0 Å². The van der Waals surface area contributed by atoms with Crippen LogP contribution >= 0.6 is 0 Å². The molecule has 0 aliphatic carbocycles. The fraction of sp³-hybridized carbons (Fsp3) is 0. The van der Waals surface area contributed by atoms with E-state index in [0.29, 0.717) is 0 Å². The zero-order valence-electron chi connectivity index (χ0n) is 20.7. The van der Waals surface area contributed by atoms with Crippen LogP contribution < -0.4 is 0 Å². The minimum atomic E-state index is 0.153. The minimum absolute atomic E-state index is 0.153. The van der Waals surface area contributed by atoms with Crippen molar-refractivity contribution in [3.63, 3.8) is 0 Å². The second-order valence-electron chi connectivity index (χ2n) is 9.92. The molecule has 0 N–H and O–H groups in total. The zero-order chi connectivity index (χ0) is 25.5. The summed E-state index contributed by atoms with van der Waals surface area (Å²) >= 11 is 0.153. The van der Waals surface area contributed by atoms with Crippen LogP contribution in [0.4, 0.5) is 0 Å². The SMILES string of the molecule is c1ccc(-n2c3ccccc3c3cc4c5ccccc5n(-c5ccc6c(c5)[se]c5nccnc56)c4cc32)cc1. The zero-order valence-corrected chi connectivity index (χ0v) is 22.5. The molecule has 4 aromatic heterocycles. The van der Waals surface area contributed by atoms with Gasteiger partial charge in [-0.15, -0.1) is 0 Å². The number of aromatic nitrogens is 4. The van der Waals surface area contributed by atoms with E-state index in [1.807, 2.05) is 0 Å². The summed E-state index contributed by atoms with van der Waals surface area (Å²) < 4.78 is 7.28. The Morgan fingerprint density at radius 3 is 1.85 bits per heavy atom. The average Bonchev–Trinajstić information content (AvgIpc) is 3.63. The molecular weight excluding hydrogens is 543 g/mol. The molecule has 0 bridgehead atoms. The average molecular weight is 564 g/mol. The molecule has 0 aliphatic heterocycles. The standard InChI is InChI=1S/C34H20N4Se/c1-2-8-21(9-3-1)37-28-12-6-4-10-23(28)26-19-27-24-11-5-7-13-29(24)38(31(27)20-30(26)37)22-14-15-25-32(18-22)39-34-33(25)35-16-17-36-34/h1-20H. The molecule has 182 valence electrons. The Hall–Kier alpha value is -4.70. The fourth-order valence-electron chi connectivity index (χ4n) is 6.18. The van der Waals surface area contributed by atoms with Gasteiger partial charge in [-0.2, -0.15) is 0 Å². The molecule has 0 radical (unpaired) electrons. The molecule has 4 nitrogen and oxygen atoms in total. The van der Waals surface area contributed by atoms with Crippen molar-refractivity contribution in [3.8, 4) is 11.4 Å². The molecule has 5 heteroatoms. The molecule has 9 rings (SSSR count). The maximum absolute atomic E-state index is 4.63. The van der Waals surface area contributed by atoms with Gasteiger partial charge in [0.15, 0.2) is 0 Å². The van der Waals surface area contributed by atoms with E-state index in [4.69, 9.17) is 0 Å². The van der Waals surface area contributed by atoms with E-state index in [-0.39, 0.29) is 14.5 Å². The van der Waals surface area contributed by atoms with Crippen LogP contribution in [0.25, 0.3) is 74.5 Å². The van der Waals surface area contributed by atoms with Gasteiger partial charge in [-0.1, -0.05) is 0 Å². The van der Waals surface area contributed by atoms with Gasteiger partial charge < -0.3 is 0 Å². The molecule has 0 saturated carbocycles. The van der Waals surface area contributed by atoms with Crippen molar-refractivity contribution >= 4 is 77.7 Å². The van der Waals surface area contributed by atoms with Crippen molar-refractivity contribution in [2.75, 3.05) is 0 Å². The summed E-state index contributed by atoms with van der Waals surface area (Å²) in [4.78, 5) is 9.25. The van der Waals surface area contributed by atoms with Gasteiger partial charge in [-0.25, -0.2) is 0 Å². The van der Waals surface area contributed by atoms with Gasteiger partial charge in [0.1, 0.15) is 0 Å². The molecule has 0 saturated heterocycles. The molecule has 0 amide bonds. The van der Waals surface area contributed by atoms with Crippen LogP contribution in [0.2, 0.25) is 0 Å². The summed E-state index contributed by atoms with van der Waals surface area (Å²) in [5.74, 6) is 0. The second-order valence-corrected chi connectivity index (χ2v) is 12.1. The van der Waals surface area contributed by atoms with Gasteiger partial charge in [0.2, 0.25) is 0 Å². The van der Waals surface area contributed by atoms with E-state index in [0.717, 1.165) is 9.91 Å². The molecular formula is C34H20N4Se. The molecule has 0 spiro atoms. The van der Waals surface area contributed by atoms with Gasteiger partial charge in [0.05, 0.1) is 0 Å². The summed E-state index contributed by atoms with van der Waals surface area (Å²) in [6.07, 6.45) is 3.60. The van der Waals surface area contributed by atoms with Crippen LogP contribution in [0.3, 0.4) is 0 Å². The first-order valence-electron chi connectivity index (χ1n) is 13.0. The topological polar surface area (TPSA) is 35.6 Å². The predicted octanol–water partition coefficient (Wildman–Crippen LogP) is 8.03. The van der Waals surface area contributed by atoms with Crippen molar-refractivity contribution in [2.45, 2.75) is 0 Å². The summed E-state index contributed by atoms with van der Waals surface area (Å²) in [5.41, 5.74) is 8.25. The summed E-state index contributed by atoms with van der Waals surface area (Å²) in [6.45, 7) is 0. The van der Waals surface area contributed by atoms with Gasteiger partial charge in [0, 0.05) is 0 Å². The van der Waals surface area contributed by atoms with E-state index < -0.39 is 0 Å². The monoisotopic (exact) mass is 564 g/mol. The van der Waals surface area contributed by atoms with Crippen LogP contribution in [-0.4, -0.2) is 33.6 Å². The third-order valence-corrected chi connectivity index (χ3v) is 10.0. The first-order valence-corrected chi connectivity index (χ1v) is 14.7. The van der Waals surface area contributed by atoms with E-state index >= 15 is 0 Å². The molecule has 39 heavy (non-hydrogen) atoms. The van der Waals surface area contributed by atoms with Crippen molar-refractivity contribution in [3.05, 3.63) is 122 Å². The molecule has 5 aromatic carbocycles. The molecule has 0 fully saturated rings. The van der Waals surface area contributed by atoms with Gasteiger partial charge in [-0.3, -0.25) is 0 Å². The predicted molar refractivity (Wildman–Crippen MR) is 163 cm³/mol. The number of fused-ring (bicyclic) bond motifs is 9. The summed E-state index contributed by atoms with van der Waals surface area (Å²) in [5, 5.41) is 6.30. The van der Waals surface area contributed by atoms with E-state index in [2.05, 4.69) is 128 Å². The molecule has 0 aliphatic rings. The third kappa shape index (κ3) is 2.94. The first kappa shape index (κ1) is 21.3. The Kier molecular flexibility index (Phi) is 4.31. The van der Waals surface area contributed by atoms with Crippen LogP contribution in [0.15, 0.2) is 122 Å². The Balaban J connectivity index is 1.42. The van der Waals surface area contributed by atoms with Gasteiger partial charge >= 0.3 is 230 Å². The van der Waals surface area contributed by atoms with E-state index in [9.17, 15) is 0 Å². The quantitative estimate of drug-likeness (QED) is 0.200. The molecule has 0 atom stereocenters. The fourth-order valence-corrected chi connectivity index (χ4v) is 8.36. The first-order chi connectivity index (χ1) is 19.3. The van der Waals surface area contributed by atoms with Gasteiger partial charge in [-0.05, 0) is 0 Å². The van der Waals surface area contributed by atoms with Crippen LogP contribution in [0.1, 0.15) is 0 Å². The number of hydrogen-bond acceptors (Lipinski definition) is 2. The maximum atomic E-state index is 4.63. The van der Waals surface area contributed by atoms with Crippen molar-refractivity contribution in [2.24, 2.45) is 0 Å². The summed E-state index contributed by atoms with van der Waals surface area (Å²) in [7, 11) is 0. The Morgan fingerprint density at radius 1 is 0.462 bits per heavy atom. The van der Waals surface area contributed by atoms with Crippen molar-refractivity contribution in [1.29, 1.82) is 0 Å². The molecule has 9 aromatic rings. The third-order valence-electron chi connectivity index (χ3n) is 7.83. The molecule has 4 heterocycles. The number of para-hydroxylation sites is 3. The molecule has 0 unspecified atom stereocenters. The second kappa shape index (κ2) is 7.90. The number of nitrogens with zero attached hydrogens (tertiary/aromatic N) is 4. The normalized spacial score (nSPS) is 12.1. The number of rotatable bonds is 2. The number of benzene rings is 5.